The van der Waals surface area contributed by atoms with Gasteiger partial charge in [0, 0.05) is 21.3 Å². The van der Waals surface area contributed by atoms with Crippen molar-refractivity contribution >= 4 is 17.3 Å². The molecule has 0 fully saturated rings. The Balaban J connectivity index is 0.00000145. The van der Waals surface area contributed by atoms with Gasteiger partial charge < -0.3 is 9.47 Å². The summed E-state index contributed by atoms with van der Waals surface area (Å²) in [6.07, 6.45) is -10.4. The highest BCUT2D eigenvalue weighted by Gasteiger charge is 2.42. The first kappa shape index (κ1) is 28.7. The first-order chi connectivity index (χ1) is 17.0. The molecule has 2 atom stereocenters. The van der Waals surface area contributed by atoms with Gasteiger partial charge in [0.15, 0.2) is 5.71 Å². The number of carbonyl (C=O) groups is 1. The van der Waals surface area contributed by atoms with E-state index in [0.717, 1.165) is 12.1 Å². The monoisotopic (exact) mass is 519 g/mol. The van der Waals surface area contributed by atoms with Crippen LogP contribution in [0.4, 0.5) is 36.4 Å². The Kier molecular flexibility index (Phi) is 9.94. The largest absolute Gasteiger partial charge is 0.388 e. The van der Waals surface area contributed by atoms with Crippen LogP contribution in [0.2, 0.25) is 0 Å². The molecule has 0 saturated heterocycles. The fourth-order valence-electron chi connectivity index (χ4n) is 3.49. The van der Waals surface area contributed by atoms with E-state index in [9.17, 15) is 40.8 Å². The van der Waals surface area contributed by atoms with Crippen LogP contribution in [-0.2, 0) is 14.3 Å². The Morgan fingerprint density at radius 3 is 1.83 bits per heavy atom. The summed E-state index contributed by atoms with van der Waals surface area (Å²) in [5, 5.41) is 14.1. The molecule has 0 saturated carbocycles. The molecule has 194 valence electrons. The number of hydrogen-bond acceptors (Lipinski definition) is 5. The average molecular weight is 519 g/mol. The topological polar surface area (TPSA) is 74.9 Å². The Hall–Kier alpha value is -3.50. The van der Waals surface area contributed by atoms with Gasteiger partial charge in [-0.2, -0.15) is 15.4 Å². The molecule has 0 spiro atoms. The van der Waals surface area contributed by atoms with Crippen molar-refractivity contribution in [3.05, 3.63) is 64.5 Å². The van der Waals surface area contributed by atoms with Crippen molar-refractivity contribution in [2.75, 3.05) is 26.3 Å². The van der Waals surface area contributed by atoms with Gasteiger partial charge in [-0.1, -0.05) is 18.2 Å². The fourth-order valence-corrected chi connectivity index (χ4v) is 3.49. The number of nitriles is 1. The van der Waals surface area contributed by atoms with Gasteiger partial charge in [0.2, 0.25) is 0 Å². The highest BCUT2D eigenvalue weighted by Crippen LogP contribution is 2.41. The predicted octanol–water partition coefficient (Wildman–Crippen LogP) is 5.86. The van der Waals surface area contributed by atoms with Gasteiger partial charge in [0.05, 0.1) is 34.4 Å². The maximum Gasteiger partial charge on any atom is 0.269 e. The standard InChI is InChI=1S/C21H14F7N3O2.C2H6O/c1-33-12(13-16(22)14(19(25)26)18(24)15(17(13)23)20(27)28)7-10-11(8-29)30-31(21(10)32)9-5-3-2-4-6-9;1-3-2/h2-6,10,12,19-20H,7H2,1H3;1-2H3. The summed E-state index contributed by atoms with van der Waals surface area (Å²) >= 11 is 0. The fraction of sp³-hybridized carbons (Fsp3) is 0.348. The molecule has 0 bridgehead atoms. The van der Waals surface area contributed by atoms with Crippen LogP contribution >= 0.6 is 0 Å². The molecule has 1 aliphatic rings. The summed E-state index contributed by atoms with van der Waals surface area (Å²) in [6, 6.07) is 9.47. The number of benzene rings is 2. The zero-order valence-electron chi connectivity index (χ0n) is 19.1. The third-order valence-electron chi connectivity index (χ3n) is 5.07. The van der Waals surface area contributed by atoms with Crippen LogP contribution in [0.15, 0.2) is 35.4 Å². The number of halogens is 7. The number of amides is 1. The number of carbonyl (C=O) groups excluding carboxylic acids is 1. The maximum atomic E-state index is 14.7. The van der Waals surface area contributed by atoms with E-state index in [1.807, 2.05) is 0 Å². The van der Waals surface area contributed by atoms with Crippen LogP contribution < -0.4 is 5.01 Å². The minimum Gasteiger partial charge on any atom is -0.388 e. The number of rotatable bonds is 7. The van der Waals surface area contributed by atoms with Crippen molar-refractivity contribution in [3.8, 4) is 6.07 Å². The van der Waals surface area contributed by atoms with Crippen LogP contribution in [0.5, 0.6) is 0 Å². The SMILES string of the molecule is COC.COC(CC1C(=O)N(c2ccccc2)N=C1C#N)c1c(F)c(C(F)F)c(F)c(C(F)F)c1F. The summed E-state index contributed by atoms with van der Waals surface area (Å²) in [6.45, 7) is 0. The lowest BCUT2D eigenvalue weighted by molar-refractivity contribution is -0.120. The molecular formula is C23H20F7N3O3. The van der Waals surface area contributed by atoms with Gasteiger partial charge >= 0.3 is 0 Å². The van der Waals surface area contributed by atoms with Crippen LogP contribution in [0.3, 0.4) is 0 Å². The summed E-state index contributed by atoms with van der Waals surface area (Å²) in [5.74, 6) is -8.87. The third-order valence-corrected chi connectivity index (χ3v) is 5.07. The second kappa shape index (κ2) is 12.5. The van der Waals surface area contributed by atoms with Gasteiger partial charge in [0.25, 0.3) is 18.8 Å². The molecule has 2 aromatic rings. The minimum atomic E-state index is -3.88. The number of anilines is 1. The molecule has 3 rings (SSSR count). The second-order valence-electron chi connectivity index (χ2n) is 7.29. The number of ether oxygens (including phenoxy) is 2. The van der Waals surface area contributed by atoms with Crippen molar-refractivity contribution in [1.82, 2.24) is 0 Å². The Labute approximate surface area is 201 Å². The average Bonchev–Trinajstić information content (AvgIpc) is 3.14. The Morgan fingerprint density at radius 2 is 1.42 bits per heavy atom. The van der Waals surface area contributed by atoms with Gasteiger partial charge in [-0.3, -0.25) is 4.79 Å². The zero-order chi connectivity index (χ0) is 27.2. The number of nitrogens with zero attached hydrogens (tertiary/aromatic N) is 3. The number of hydrogen-bond donors (Lipinski definition) is 0. The maximum absolute atomic E-state index is 14.7. The lowest BCUT2D eigenvalue weighted by Crippen LogP contribution is -2.29. The van der Waals surface area contributed by atoms with E-state index in [2.05, 4.69) is 9.84 Å². The lowest BCUT2D eigenvalue weighted by atomic mass is 9.90. The molecule has 0 aliphatic carbocycles. The highest BCUT2D eigenvalue weighted by atomic mass is 19.3. The molecule has 1 aliphatic heterocycles. The second-order valence-corrected chi connectivity index (χ2v) is 7.29. The van der Waals surface area contributed by atoms with Gasteiger partial charge in [-0.15, -0.1) is 0 Å². The molecule has 0 radical (unpaired) electrons. The molecule has 0 N–H and O–H groups in total. The normalized spacial score (nSPS) is 16.1. The van der Waals surface area contributed by atoms with Crippen LogP contribution in [0, 0.1) is 34.7 Å². The summed E-state index contributed by atoms with van der Waals surface area (Å²) < 4.78 is 106. The first-order valence-electron chi connectivity index (χ1n) is 10.1. The molecule has 13 heteroatoms. The van der Waals surface area contributed by atoms with Crippen molar-refractivity contribution in [1.29, 1.82) is 5.26 Å². The van der Waals surface area contributed by atoms with Crippen molar-refractivity contribution in [2.24, 2.45) is 11.0 Å². The third kappa shape index (κ3) is 5.66. The van der Waals surface area contributed by atoms with Crippen LogP contribution in [-0.4, -0.2) is 32.9 Å². The summed E-state index contributed by atoms with van der Waals surface area (Å²) in [4.78, 5) is 12.8. The predicted molar refractivity (Wildman–Crippen MR) is 114 cm³/mol. The lowest BCUT2D eigenvalue weighted by Gasteiger charge is -2.23. The smallest absolute Gasteiger partial charge is 0.269 e. The van der Waals surface area contributed by atoms with E-state index in [1.165, 1.54) is 12.1 Å². The summed E-state index contributed by atoms with van der Waals surface area (Å²) in [7, 11) is 4.13. The van der Waals surface area contributed by atoms with Gasteiger partial charge in [-0.05, 0) is 18.6 Å². The van der Waals surface area contributed by atoms with Crippen molar-refractivity contribution < 1.29 is 45.0 Å². The van der Waals surface area contributed by atoms with Gasteiger partial charge in [0.1, 0.15) is 23.5 Å². The first-order valence-corrected chi connectivity index (χ1v) is 10.1. The number of hydrazone groups is 1. The van der Waals surface area contributed by atoms with E-state index in [-0.39, 0.29) is 11.4 Å². The summed E-state index contributed by atoms with van der Waals surface area (Å²) in [5.41, 5.74) is -5.58. The molecule has 0 aromatic heterocycles. The van der Waals surface area contributed by atoms with E-state index in [1.54, 1.807) is 38.5 Å². The van der Waals surface area contributed by atoms with Gasteiger partial charge in [-0.25, -0.2) is 30.7 Å². The Morgan fingerprint density at radius 1 is 0.944 bits per heavy atom. The van der Waals surface area contributed by atoms with Crippen LogP contribution in [0.1, 0.15) is 42.1 Å². The molecule has 36 heavy (non-hydrogen) atoms. The van der Waals surface area contributed by atoms with E-state index < -0.39 is 71.3 Å². The highest BCUT2D eigenvalue weighted by molar-refractivity contribution is 6.21. The zero-order valence-corrected chi connectivity index (χ0v) is 19.1. The van der Waals surface area contributed by atoms with Crippen molar-refractivity contribution in [2.45, 2.75) is 25.4 Å². The molecule has 6 nitrogen and oxygen atoms in total. The molecule has 1 amide bonds. The van der Waals surface area contributed by atoms with Crippen molar-refractivity contribution in [3.63, 3.8) is 0 Å². The number of methoxy groups -OCH3 is 2. The molecule has 2 unspecified atom stereocenters. The molecular weight excluding hydrogens is 499 g/mol. The Bertz CT molecular complexity index is 1120. The molecule has 1 heterocycles. The quantitative estimate of drug-likeness (QED) is 0.430. The van der Waals surface area contributed by atoms with E-state index >= 15 is 0 Å². The molecule has 2 aromatic carbocycles. The van der Waals surface area contributed by atoms with Crippen LogP contribution in [0.25, 0.3) is 0 Å². The number of para-hydroxylation sites is 1. The van der Waals surface area contributed by atoms with E-state index in [4.69, 9.17) is 4.74 Å². The van der Waals surface area contributed by atoms with E-state index in [0.29, 0.717) is 0 Å². The number of alkyl halides is 4. The minimum absolute atomic E-state index is 0.269.